The number of fused-ring (bicyclic) bond motifs is 3. The molecule has 0 aromatic carbocycles. The molecule has 19 atom stereocenters. The molecule has 0 spiro atoms. The van der Waals surface area contributed by atoms with E-state index in [-0.39, 0.29) is 62.2 Å². The van der Waals surface area contributed by atoms with E-state index < -0.39 is 133 Å². The topological polar surface area (TPSA) is 290 Å². The summed E-state index contributed by atoms with van der Waals surface area (Å²) < 4.78 is 51.3. The Bertz CT molecular complexity index is 2230. The van der Waals surface area contributed by atoms with Crippen molar-refractivity contribution in [2.45, 2.75) is 204 Å². The first kappa shape index (κ1) is 66.5. The maximum Gasteiger partial charge on any atom is 0.511 e. The zero-order valence-corrected chi connectivity index (χ0v) is 48.7. The highest BCUT2D eigenvalue weighted by Gasteiger charge is 2.55. The van der Waals surface area contributed by atoms with Crippen molar-refractivity contribution in [1.29, 1.82) is 0 Å². The standard InChI is InChI=1S/C59H91NO20/c1-33-17-13-12-14-18-34(2)45(72-8)29-41-22-20-39(7)59(71,79-41)54(67)55(68)60-24-16-15-19-42(60)56(69)77-46(30-43(62)35(3)26-38(6)50(64)52(75-11)49(63)37(5)25-33)36(4)27-40-21-23-44(47(28-40)73-9)78-57(70)80-58(32-61)53(66)51(65)48(74-10)31-76-58/h12-14,17-18,26,33,35-37,39-42,44-48,50-53,61,64-66,71H,15-16,19-25,27-32H2,1-11H3/b14-12+,17-13-,34-18+,38-26+/t33-,35-,36-,37-,39-,40?,41+,42?,44-,45+,46+,47-,48?,50-,51-,52+,53+,58?,59-/m1/s1. The Morgan fingerprint density at radius 3 is 2.20 bits per heavy atom. The van der Waals surface area contributed by atoms with Crippen molar-refractivity contribution < 1.29 is 96.9 Å². The number of ether oxygens (including phenoxy) is 9. The molecule has 4 heterocycles. The van der Waals surface area contributed by atoms with Crippen molar-refractivity contribution in [2.75, 3.05) is 48.2 Å². The zero-order chi connectivity index (χ0) is 59.2. The van der Waals surface area contributed by atoms with Crippen LogP contribution in [0, 0.1) is 35.5 Å². The lowest BCUT2D eigenvalue weighted by atomic mass is 9.78. The third kappa shape index (κ3) is 16.5. The van der Waals surface area contributed by atoms with Crippen LogP contribution in [0.15, 0.2) is 47.6 Å². The van der Waals surface area contributed by atoms with Gasteiger partial charge in [-0.2, -0.15) is 0 Å². The Balaban J connectivity index is 1.42. The van der Waals surface area contributed by atoms with Crippen molar-refractivity contribution in [3.63, 3.8) is 0 Å². The Kier molecular flexibility index (Phi) is 25.2. The molecule has 21 heteroatoms. The van der Waals surface area contributed by atoms with Gasteiger partial charge in [-0.15, -0.1) is 0 Å². The number of carbonyl (C=O) groups is 6. The Morgan fingerprint density at radius 2 is 1.54 bits per heavy atom. The quantitative estimate of drug-likeness (QED) is 0.112. The summed E-state index contributed by atoms with van der Waals surface area (Å²) in [5.41, 5.74) is 1.17. The van der Waals surface area contributed by atoms with E-state index in [0.717, 1.165) is 10.5 Å². The second kappa shape index (κ2) is 30.3. The van der Waals surface area contributed by atoms with Gasteiger partial charge in [0.1, 0.15) is 55.1 Å². The highest BCUT2D eigenvalue weighted by Crippen LogP contribution is 2.39. The van der Waals surface area contributed by atoms with Crippen molar-refractivity contribution >= 4 is 35.4 Å². The summed E-state index contributed by atoms with van der Waals surface area (Å²) in [7, 11) is 5.65. The number of aliphatic hydroxyl groups is 5. The van der Waals surface area contributed by atoms with Crippen molar-refractivity contribution in [3.8, 4) is 0 Å². The fourth-order valence-electron chi connectivity index (χ4n) is 11.9. The molecule has 5 aliphatic rings. The SMILES string of the molecule is COC1COC(CO)(OC(=O)O[C@@H]2CCC(C[C@@H](C)[C@@H]3CC(=O)[C@H](C)/C=C(\C)[C@@H](O)[C@@H](OC)C(=O)[C@H](C)C[C@H](C)\C=C/C=C/C=C(\C)[C@@H](OC)C[C@@H]4CC[C@@H](C)[C@@](O)(O4)C(=O)C(=O)N4CCCCC4C(=O)O3)C[C@H]2OC)[C@@H](O)[C@@H]1O. The first-order valence-corrected chi connectivity index (χ1v) is 28.4. The number of ketones is 3. The van der Waals surface area contributed by atoms with Crippen LogP contribution in [0.25, 0.3) is 0 Å². The van der Waals surface area contributed by atoms with Gasteiger partial charge < -0.3 is 73.1 Å². The molecule has 5 N–H and O–H groups in total. The predicted molar refractivity (Wildman–Crippen MR) is 289 cm³/mol. The average Bonchev–Trinajstić information content (AvgIpc) is 3.51. The van der Waals surface area contributed by atoms with Gasteiger partial charge in [0, 0.05) is 65.6 Å². The summed E-state index contributed by atoms with van der Waals surface area (Å²) in [5.74, 6) is -11.4. The average molecular weight is 1130 g/mol. The molecule has 5 rings (SSSR count). The maximum atomic E-state index is 14.6. The first-order valence-electron chi connectivity index (χ1n) is 28.4. The highest BCUT2D eigenvalue weighted by atomic mass is 16.8. The van der Waals surface area contributed by atoms with E-state index in [1.165, 1.54) is 21.3 Å². The molecule has 0 aromatic rings. The van der Waals surface area contributed by atoms with Crippen LogP contribution >= 0.6 is 0 Å². The third-order valence-electron chi connectivity index (χ3n) is 17.1. The van der Waals surface area contributed by atoms with Crippen LogP contribution in [0.1, 0.15) is 126 Å². The van der Waals surface area contributed by atoms with Crippen LogP contribution in [0.2, 0.25) is 0 Å². The summed E-state index contributed by atoms with van der Waals surface area (Å²) in [6.45, 7) is 11.1. The van der Waals surface area contributed by atoms with Crippen LogP contribution in [0.5, 0.6) is 0 Å². The minimum absolute atomic E-state index is 0.0179. The zero-order valence-electron chi connectivity index (χ0n) is 48.7. The normalized spacial score (nSPS) is 40.8. The van der Waals surface area contributed by atoms with Crippen molar-refractivity contribution in [3.05, 3.63) is 47.6 Å². The van der Waals surface area contributed by atoms with E-state index in [1.807, 2.05) is 51.2 Å². The van der Waals surface area contributed by atoms with E-state index >= 15 is 0 Å². The molecular weight excluding hydrogens is 1040 g/mol. The number of esters is 1. The highest BCUT2D eigenvalue weighted by molar-refractivity contribution is 6.39. The summed E-state index contributed by atoms with van der Waals surface area (Å²) in [6, 6.07) is -1.24. The third-order valence-corrected chi connectivity index (χ3v) is 17.1. The summed E-state index contributed by atoms with van der Waals surface area (Å²) in [5, 5.41) is 55.0. The van der Waals surface area contributed by atoms with Gasteiger partial charge in [-0.3, -0.25) is 19.2 Å². The Labute approximate surface area is 471 Å². The summed E-state index contributed by atoms with van der Waals surface area (Å²) in [4.78, 5) is 86.0. The molecule has 452 valence electrons. The van der Waals surface area contributed by atoms with E-state index in [2.05, 4.69) is 0 Å². The van der Waals surface area contributed by atoms with Crippen LogP contribution < -0.4 is 0 Å². The lowest BCUT2D eigenvalue weighted by Gasteiger charge is -2.44. The molecule has 1 saturated carbocycles. The molecule has 1 aliphatic carbocycles. The number of cyclic esters (lactones) is 1. The second-order valence-electron chi connectivity index (χ2n) is 23.0. The van der Waals surface area contributed by atoms with Gasteiger partial charge in [-0.05, 0) is 107 Å². The largest absolute Gasteiger partial charge is 0.511 e. The fourth-order valence-corrected chi connectivity index (χ4v) is 11.9. The number of allylic oxidation sites excluding steroid dienone is 6. The van der Waals surface area contributed by atoms with E-state index in [1.54, 1.807) is 40.9 Å². The van der Waals surface area contributed by atoms with Crippen molar-refractivity contribution in [1.82, 2.24) is 4.90 Å². The van der Waals surface area contributed by atoms with Gasteiger partial charge in [-0.1, -0.05) is 71.1 Å². The number of hydrogen-bond acceptors (Lipinski definition) is 20. The first-order chi connectivity index (χ1) is 37.9. The molecule has 1 amide bonds. The van der Waals surface area contributed by atoms with Gasteiger partial charge in [-0.25, -0.2) is 9.59 Å². The number of hydrogen-bond donors (Lipinski definition) is 5. The van der Waals surface area contributed by atoms with Crippen LogP contribution in [0.4, 0.5) is 4.79 Å². The maximum absolute atomic E-state index is 14.6. The molecule has 80 heavy (non-hydrogen) atoms. The summed E-state index contributed by atoms with van der Waals surface area (Å²) in [6.07, 6.45) is 2.92. The number of aliphatic hydroxyl groups excluding tert-OH is 4. The number of piperidine rings is 1. The van der Waals surface area contributed by atoms with Gasteiger partial charge in [0.2, 0.25) is 5.79 Å². The Hall–Kier alpha value is -4.26. The minimum Gasteiger partial charge on any atom is -0.460 e. The van der Waals surface area contributed by atoms with Crippen LogP contribution in [0.3, 0.4) is 0 Å². The second-order valence-corrected chi connectivity index (χ2v) is 23.0. The van der Waals surface area contributed by atoms with Gasteiger partial charge in [0.25, 0.3) is 17.5 Å². The number of carbonyl (C=O) groups excluding carboxylic acids is 6. The fraction of sp³-hybridized carbons (Fsp3) is 0.763. The van der Waals surface area contributed by atoms with Crippen LogP contribution in [-0.4, -0.2) is 193 Å². The van der Waals surface area contributed by atoms with Crippen molar-refractivity contribution in [2.24, 2.45) is 35.5 Å². The number of nitrogens with zero attached hydrogens (tertiary/aromatic N) is 1. The molecule has 4 unspecified atom stereocenters. The number of amides is 1. The molecule has 3 saturated heterocycles. The van der Waals surface area contributed by atoms with Gasteiger partial charge >= 0.3 is 12.1 Å². The van der Waals surface area contributed by atoms with Crippen LogP contribution in [-0.2, 0) is 66.6 Å². The number of methoxy groups -OCH3 is 4. The number of rotatable bonds is 10. The lowest BCUT2D eigenvalue weighted by molar-refractivity contribution is -0.335. The summed E-state index contributed by atoms with van der Waals surface area (Å²) >= 11 is 0. The monoisotopic (exact) mass is 1130 g/mol. The predicted octanol–water partition coefficient (Wildman–Crippen LogP) is 4.80. The van der Waals surface area contributed by atoms with Gasteiger partial charge in [0.15, 0.2) is 11.9 Å². The van der Waals surface area contributed by atoms with E-state index in [9.17, 15) is 54.3 Å². The Morgan fingerprint density at radius 1 is 0.825 bits per heavy atom. The molecule has 4 aliphatic heterocycles. The molecule has 0 radical (unpaired) electrons. The van der Waals surface area contributed by atoms with E-state index in [4.69, 9.17) is 42.6 Å². The smallest absolute Gasteiger partial charge is 0.460 e. The number of Topliss-reactive ketones (excluding diaryl/α,β-unsaturated/α-hetero) is 3. The molecule has 4 fully saturated rings. The molecule has 2 bridgehead atoms. The molecule has 0 aromatic heterocycles. The molecule has 21 nitrogen and oxygen atoms in total. The van der Waals surface area contributed by atoms with Gasteiger partial charge in [0.05, 0.1) is 24.9 Å². The molecular formula is C59H91NO20. The minimum atomic E-state index is -2.50. The van der Waals surface area contributed by atoms with E-state index in [0.29, 0.717) is 56.9 Å². The lowest BCUT2D eigenvalue weighted by Crippen LogP contribution is -2.64.